The zero-order valence-corrected chi connectivity index (χ0v) is 28.5. The van der Waals surface area contributed by atoms with Crippen LogP contribution < -0.4 is 15.0 Å². The molecule has 0 radical (unpaired) electrons. The van der Waals surface area contributed by atoms with Gasteiger partial charge in [0.15, 0.2) is 0 Å². The molecule has 0 saturated heterocycles. The molecule has 246 valence electrons. The summed E-state index contributed by atoms with van der Waals surface area (Å²) >= 11 is 1.62. The van der Waals surface area contributed by atoms with E-state index in [-0.39, 0.29) is 5.91 Å². The molecule has 0 spiro atoms. The van der Waals surface area contributed by atoms with Crippen molar-refractivity contribution in [3.63, 3.8) is 0 Å². The lowest BCUT2D eigenvalue weighted by molar-refractivity contribution is -0.142. The number of carbonyl (C=O) groups excluding carboxylic acids is 2. The van der Waals surface area contributed by atoms with Crippen LogP contribution in [0.2, 0.25) is 0 Å². The van der Waals surface area contributed by atoms with Crippen LogP contribution >= 0.6 is 11.8 Å². The molecule has 0 aliphatic rings. The molecule has 48 heavy (non-hydrogen) atoms. The third-order valence-corrected chi connectivity index (χ3v) is 8.85. The smallest absolute Gasteiger partial charge is 0.328 e. The van der Waals surface area contributed by atoms with Crippen LogP contribution in [0.1, 0.15) is 39.0 Å². The van der Waals surface area contributed by atoms with Gasteiger partial charge in [-0.25, -0.2) is 4.79 Å². The molecule has 0 aliphatic heterocycles. The number of hydrogen-bond donors (Lipinski definition) is 1. The Morgan fingerprint density at radius 1 is 0.750 bits per heavy atom. The van der Waals surface area contributed by atoms with E-state index in [4.69, 9.17) is 9.47 Å². The minimum absolute atomic E-state index is 0.300. The van der Waals surface area contributed by atoms with E-state index in [1.54, 1.807) is 11.8 Å². The van der Waals surface area contributed by atoms with Crippen molar-refractivity contribution >= 4 is 29.3 Å². The summed E-state index contributed by atoms with van der Waals surface area (Å²) in [6.45, 7) is 3.86. The largest absolute Gasteiger partial charge is 0.489 e. The summed E-state index contributed by atoms with van der Waals surface area (Å²) in [6, 6.07) is 42.1. The molecule has 0 fully saturated rings. The number of esters is 1. The Kier molecular flexibility index (Phi) is 12.3. The molecule has 0 bridgehead atoms. The van der Waals surface area contributed by atoms with Crippen LogP contribution in [0.3, 0.4) is 0 Å². The van der Waals surface area contributed by atoms with E-state index in [1.807, 2.05) is 86.0 Å². The van der Waals surface area contributed by atoms with Crippen molar-refractivity contribution in [3.05, 3.63) is 155 Å². The third-order valence-electron chi connectivity index (χ3n) is 8.21. The van der Waals surface area contributed by atoms with E-state index in [2.05, 4.69) is 64.8 Å². The molecule has 0 aliphatic carbocycles. The van der Waals surface area contributed by atoms with Gasteiger partial charge in [0.2, 0.25) is 0 Å². The molecule has 0 aromatic heterocycles. The minimum atomic E-state index is -0.721. The van der Waals surface area contributed by atoms with E-state index in [9.17, 15) is 9.59 Å². The Bertz CT molecular complexity index is 1780. The van der Waals surface area contributed by atoms with Crippen LogP contribution in [0.25, 0.3) is 11.1 Å². The number of nitrogens with one attached hydrogen (secondary N) is 1. The lowest BCUT2D eigenvalue weighted by Crippen LogP contribution is -2.42. The van der Waals surface area contributed by atoms with Gasteiger partial charge in [-0.05, 0) is 95.1 Å². The van der Waals surface area contributed by atoms with Crippen LogP contribution in [0.4, 0.5) is 5.69 Å². The van der Waals surface area contributed by atoms with Gasteiger partial charge in [0.25, 0.3) is 5.91 Å². The van der Waals surface area contributed by atoms with Crippen molar-refractivity contribution in [2.45, 2.75) is 39.1 Å². The Morgan fingerprint density at radius 3 is 2.08 bits per heavy atom. The fourth-order valence-corrected chi connectivity index (χ4v) is 6.07. The van der Waals surface area contributed by atoms with Crippen molar-refractivity contribution in [1.82, 2.24) is 5.32 Å². The van der Waals surface area contributed by atoms with Gasteiger partial charge in [0, 0.05) is 24.3 Å². The van der Waals surface area contributed by atoms with Crippen LogP contribution in [-0.4, -0.2) is 37.0 Å². The van der Waals surface area contributed by atoms with E-state index >= 15 is 0 Å². The summed E-state index contributed by atoms with van der Waals surface area (Å²) in [5.41, 5.74) is 7.80. The first-order valence-corrected chi connectivity index (χ1v) is 17.5. The Balaban J connectivity index is 1.44. The average molecular weight is 659 g/mol. The fraction of sp³-hybridized carbons (Fsp3) is 0.220. The summed E-state index contributed by atoms with van der Waals surface area (Å²) < 4.78 is 11.0. The number of amides is 1. The fourth-order valence-electron chi connectivity index (χ4n) is 5.60. The molecule has 6 nitrogen and oxygen atoms in total. The second-order valence-corrected chi connectivity index (χ2v) is 12.6. The number of anilines is 1. The van der Waals surface area contributed by atoms with Crippen LogP contribution in [0.5, 0.6) is 5.75 Å². The standard InChI is InChI=1S/C41H42N2O4S/c1-30-12-10-11-17-36(30)38-26-33(20-23-37(38)40(44)42-39(24-25-48-3)41(45)46-2)28-43(27-31-13-6-4-7-14-31)34-21-18-32(19-22-34)29-47-35-15-8-5-9-16-35/h4-23,26,39H,24-25,27-29H2,1-3H3,(H,42,44). The number of methoxy groups -OCH3 is 1. The lowest BCUT2D eigenvalue weighted by atomic mass is 9.93. The molecule has 1 atom stereocenters. The van der Waals surface area contributed by atoms with Crippen LogP contribution in [-0.2, 0) is 29.2 Å². The van der Waals surface area contributed by atoms with E-state index < -0.39 is 12.0 Å². The van der Waals surface area contributed by atoms with Crippen molar-refractivity contribution in [2.75, 3.05) is 24.0 Å². The second kappa shape index (κ2) is 17.2. The first-order chi connectivity index (χ1) is 23.4. The molecule has 5 rings (SSSR count). The highest BCUT2D eigenvalue weighted by atomic mass is 32.2. The highest BCUT2D eigenvalue weighted by Crippen LogP contribution is 2.30. The lowest BCUT2D eigenvalue weighted by Gasteiger charge is -2.26. The predicted octanol–water partition coefficient (Wildman–Crippen LogP) is 8.47. The number of hydrogen-bond acceptors (Lipinski definition) is 6. The minimum Gasteiger partial charge on any atom is -0.489 e. The third kappa shape index (κ3) is 9.29. The summed E-state index contributed by atoms with van der Waals surface area (Å²) in [4.78, 5) is 28.6. The molecule has 7 heteroatoms. The van der Waals surface area contributed by atoms with Gasteiger partial charge in [-0.2, -0.15) is 11.8 Å². The molecule has 0 saturated carbocycles. The quantitative estimate of drug-likeness (QED) is 0.114. The van der Waals surface area contributed by atoms with Gasteiger partial charge < -0.3 is 19.7 Å². The maximum absolute atomic E-state index is 13.8. The monoisotopic (exact) mass is 658 g/mol. The van der Waals surface area contributed by atoms with Crippen molar-refractivity contribution < 1.29 is 19.1 Å². The summed E-state index contributed by atoms with van der Waals surface area (Å²) in [5, 5.41) is 2.95. The molecule has 5 aromatic carbocycles. The van der Waals surface area contributed by atoms with Gasteiger partial charge in [-0.15, -0.1) is 0 Å². The zero-order chi connectivity index (χ0) is 33.7. The zero-order valence-electron chi connectivity index (χ0n) is 27.7. The van der Waals surface area contributed by atoms with Crippen molar-refractivity contribution in [1.29, 1.82) is 0 Å². The summed E-state index contributed by atoms with van der Waals surface area (Å²) in [7, 11) is 1.35. The number of thioether (sulfide) groups is 1. The Labute approximate surface area is 288 Å². The number of benzene rings is 5. The van der Waals surface area contributed by atoms with Gasteiger partial charge in [-0.1, -0.05) is 91.0 Å². The van der Waals surface area contributed by atoms with E-state index in [0.717, 1.165) is 45.0 Å². The number of aryl methyl sites for hydroxylation is 1. The molecular formula is C41H42N2O4S. The molecule has 0 heterocycles. The van der Waals surface area contributed by atoms with Crippen LogP contribution in [0.15, 0.2) is 127 Å². The summed E-state index contributed by atoms with van der Waals surface area (Å²) in [5.74, 6) is 0.822. The van der Waals surface area contributed by atoms with Crippen molar-refractivity contribution in [2.24, 2.45) is 0 Å². The first kappa shape index (κ1) is 34.3. The molecular weight excluding hydrogens is 617 g/mol. The average Bonchev–Trinajstić information content (AvgIpc) is 3.13. The number of rotatable bonds is 15. The second-order valence-electron chi connectivity index (χ2n) is 11.6. The van der Waals surface area contributed by atoms with Crippen LogP contribution in [0, 0.1) is 6.92 Å². The van der Waals surface area contributed by atoms with Gasteiger partial charge in [0.1, 0.15) is 18.4 Å². The molecule has 5 aromatic rings. The number of carbonyl (C=O) groups is 2. The molecule has 1 unspecified atom stereocenters. The SMILES string of the molecule is COC(=O)C(CCSC)NC(=O)c1ccc(CN(Cc2ccccc2)c2ccc(COc3ccccc3)cc2)cc1-c1ccccc1C. The highest BCUT2D eigenvalue weighted by Gasteiger charge is 2.24. The summed E-state index contributed by atoms with van der Waals surface area (Å²) in [6.07, 6.45) is 2.46. The first-order valence-electron chi connectivity index (χ1n) is 16.1. The number of para-hydroxylation sites is 1. The molecule has 1 N–H and O–H groups in total. The maximum atomic E-state index is 13.8. The topological polar surface area (TPSA) is 67.9 Å². The van der Waals surface area contributed by atoms with Crippen molar-refractivity contribution in [3.8, 4) is 16.9 Å². The Morgan fingerprint density at radius 2 is 1.40 bits per heavy atom. The maximum Gasteiger partial charge on any atom is 0.328 e. The number of ether oxygens (including phenoxy) is 2. The molecule has 1 amide bonds. The van der Waals surface area contributed by atoms with E-state index in [1.165, 1.54) is 12.7 Å². The Hall–Kier alpha value is -5.01. The van der Waals surface area contributed by atoms with E-state index in [0.29, 0.717) is 31.7 Å². The van der Waals surface area contributed by atoms with Gasteiger partial charge in [-0.3, -0.25) is 4.79 Å². The predicted molar refractivity (Wildman–Crippen MR) is 196 cm³/mol. The van der Waals surface area contributed by atoms with Gasteiger partial charge >= 0.3 is 5.97 Å². The van der Waals surface area contributed by atoms with Gasteiger partial charge in [0.05, 0.1) is 7.11 Å². The normalized spacial score (nSPS) is 11.4. The number of nitrogens with zero attached hydrogens (tertiary/aromatic N) is 1. The highest BCUT2D eigenvalue weighted by molar-refractivity contribution is 7.98.